The van der Waals surface area contributed by atoms with Crippen LogP contribution in [0.4, 0.5) is 5.69 Å². The number of carbonyl (C=O) groups excluding carboxylic acids is 2. The minimum absolute atomic E-state index is 0.000845. The first kappa shape index (κ1) is 24.7. The van der Waals surface area contributed by atoms with Gasteiger partial charge in [0.25, 0.3) is 11.7 Å². The Morgan fingerprint density at radius 2 is 1.50 bits per heavy atom. The van der Waals surface area contributed by atoms with Crippen molar-refractivity contribution >= 4 is 29.1 Å². The van der Waals surface area contributed by atoms with Crippen molar-refractivity contribution < 1.29 is 29.3 Å². The molecule has 7 nitrogen and oxygen atoms in total. The zero-order valence-corrected chi connectivity index (χ0v) is 20.3. The van der Waals surface area contributed by atoms with Crippen molar-refractivity contribution in [2.24, 2.45) is 0 Å². The number of aliphatic hydroxyl groups is 1. The van der Waals surface area contributed by atoms with E-state index in [4.69, 9.17) is 9.84 Å². The van der Waals surface area contributed by atoms with Crippen LogP contribution >= 0.6 is 0 Å². The van der Waals surface area contributed by atoms with Crippen LogP contribution in [0, 0.1) is 0 Å². The van der Waals surface area contributed by atoms with Crippen LogP contribution in [0.15, 0.2) is 84.4 Å². The molecule has 1 heterocycles. The molecule has 1 amide bonds. The highest BCUT2D eigenvalue weighted by molar-refractivity contribution is 6.51. The van der Waals surface area contributed by atoms with Gasteiger partial charge in [-0.25, -0.2) is 4.79 Å². The number of anilines is 1. The number of Topliss-reactive ketones (excluding diaryl/α,β-unsaturated/α-hetero) is 1. The second kappa shape index (κ2) is 9.70. The summed E-state index contributed by atoms with van der Waals surface area (Å²) < 4.78 is 5.19. The second-order valence-electron chi connectivity index (χ2n) is 9.58. The highest BCUT2D eigenvalue weighted by atomic mass is 16.5. The summed E-state index contributed by atoms with van der Waals surface area (Å²) in [6.45, 7) is 5.79. The van der Waals surface area contributed by atoms with Gasteiger partial charge in [-0.2, -0.15) is 0 Å². The molecule has 0 aliphatic carbocycles. The van der Waals surface area contributed by atoms with Gasteiger partial charge in [0.15, 0.2) is 6.61 Å². The molecule has 1 unspecified atom stereocenters. The van der Waals surface area contributed by atoms with E-state index in [9.17, 15) is 19.5 Å². The van der Waals surface area contributed by atoms with E-state index in [1.807, 2.05) is 24.3 Å². The van der Waals surface area contributed by atoms with Crippen molar-refractivity contribution in [2.45, 2.75) is 32.2 Å². The molecule has 3 aromatic carbocycles. The number of hydrogen-bond acceptors (Lipinski definition) is 5. The molecule has 184 valence electrons. The Balaban J connectivity index is 1.83. The summed E-state index contributed by atoms with van der Waals surface area (Å²) >= 11 is 0. The predicted octanol–water partition coefficient (Wildman–Crippen LogP) is 5.07. The number of ether oxygens (including phenoxy) is 1. The Morgan fingerprint density at radius 1 is 0.889 bits per heavy atom. The number of ketones is 1. The van der Waals surface area contributed by atoms with Crippen molar-refractivity contribution in [3.8, 4) is 5.75 Å². The highest BCUT2D eigenvalue weighted by Crippen LogP contribution is 2.42. The number of carboxylic acids is 1. The van der Waals surface area contributed by atoms with E-state index in [-0.39, 0.29) is 16.7 Å². The Bertz CT molecular complexity index is 1320. The van der Waals surface area contributed by atoms with Crippen LogP contribution in [0.3, 0.4) is 0 Å². The third-order valence-electron chi connectivity index (χ3n) is 6.06. The topological polar surface area (TPSA) is 104 Å². The molecule has 0 spiro atoms. The summed E-state index contributed by atoms with van der Waals surface area (Å²) in [5.41, 5.74) is 2.52. The van der Waals surface area contributed by atoms with Gasteiger partial charge in [0, 0.05) is 11.3 Å². The molecular formula is C29H27NO6. The molecule has 36 heavy (non-hydrogen) atoms. The van der Waals surface area contributed by atoms with E-state index < -0.39 is 30.3 Å². The maximum Gasteiger partial charge on any atom is 0.341 e. The van der Waals surface area contributed by atoms with Crippen molar-refractivity contribution in [3.63, 3.8) is 0 Å². The van der Waals surface area contributed by atoms with Crippen LogP contribution in [0.1, 0.15) is 43.5 Å². The molecular weight excluding hydrogens is 458 g/mol. The number of amides is 1. The lowest BCUT2D eigenvalue weighted by Crippen LogP contribution is -2.29. The predicted molar refractivity (Wildman–Crippen MR) is 136 cm³/mol. The molecule has 7 heteroatoms. The Kier molecular flexibility index (Phi) is 6.66. The summed E-state index contributed by atoms with van der Waals surface area (Å²) in [6.07, 6.45) is 0. The van der Waals surface area contributed by atoms with Crippen molar-refractivity contribution in [1.82, 2.24) is 0 Å². The first-order chi connectivity index (χ1) is 17.1. The van der Waals surface area contributed by atoms with Gasteiger partial charge in [-0.05, 0) is 40.8 Å². The largest absolute Gasteiger partial charge is 0.507 e. The van der Waals surface area contributed by atoms with Crippen LogP contribution in [0.2, 0.25) is 0 Å². The zero-order valence-electron chi connectivity index (χ0n) is 20.3. The van der Waals surface area contributed by atoms with Gasteiger partial charge < -0.3 is 14.9 Å². The third-order valence-corrected chi connectivity index (χ3v) is 6.06. The SMILES string of the molecule is CC(C)(C)c1ccc(C2C(=C(O)c3ccccc3)C(=O)C(=O)N2c2ccc(OCC(=O)O)cc2)cc1. The van der Waals surface area contributed by atoms with E-state index in [0.29, 0.717) is 22.6 Å². The number of rotatable bonds is 6. The average molecular weight is 486 g/mol. The summed E-state index contributed by atoms with van der Waals surface area (Å²) in [5, 5.41) is 20.0. The van der Waals surface area contributed by atoms with Gasteiger partial charge in [-0.15, -0.1) is 0 Å². The lowest BCUT2D eigenvalue weighted by atomic mass is 9.85. The van der Waals surface area contributed by atoms with Gasteiger partial charge in [0.05, 0.1) is 11.6 Å². The van der Waals surface area contributed by atoms with Crippen LogP contribution in [-0.4, -0.2) is 34.5 Å². The molecule has 0 bridgehead atoms. The molecule has 2 N–H and O–H groups in total. The minimum Gasteiger partial charge on any atom is -0.507 e. The molecule has 0 saturated carbocycles. The molecule has 4 rings (SSSR count). The number of carbonyl (C=O) groups is 3. The summed E-state index contributed by atoms with van der Waals surface area (Å²) in [7, 11) is 0. The zero-order chi connectivity index (χ0) is 26.0. The van der Waals surface area contributed by atoms with Crippen LogP contribution in [0.5, 0.6) is 5.75 Å². The maximum absolute atomic E-state index is 13.3. The summed E-state index contributed by atoms with van der Waals surface area (Å²) in [5.74, 6) is -2.59. The van der Waals surface area contributed by atoms with Crippen LogP contribution in [-0.2, 0) is 19.8 Å². The number of carboxylic acid groups (broad SMARTS) is 1. The number of benzene rings is 3. The van der Waals surface area contributed by atoms with Gasteiger partial charge in [0.2, 0.25) is 0 Å². The minimum atomic E-state index is -1.11. The van der Waals surface area contributed by atoms with E-state index in [1.54, 1.807) is 42.5 Å². The Hall–Kier alpha value is -4.39. The molecule has 1 atom stereocenters. The number of hydrogen-bond donors (Lipinski definition) is 2. The standard InChI is InChI=1S/C29H27NO6/c1-29(2,3)20-11-9-18(10-12-20)25-24(26(33)19-7-5-4-6-8-19)27(34)28(35)30(25)21-13-15-22(16-14-21)36-17-23(31)32/h4-16,25,33H,17H2,1-3H3,(H,31,32). The van der Waals surface area contributed by atoms with Crippen molar-refractivity contribution in [2.75, 3.05) is 11.5 Å². The normalized spacial score (nSPS) is 17.3. The smallest absolute Gasteiger partial charge is 0.341 e. The lowest BCUT2D eigenvalue weighted by Gasteiger charge is -2.26. The average Bonchev–Trinajstić information content (AvgIpc) is 3.13. The van der Waals surface area contributed by atoms with Crippen molar-refractivity contribution in [1.29, 1.82) is 0 Å². The Labute approximate surface area is 209 Å². The van der Waals surface area contributed by atoms with Gasteiger partial charge in [0.1, 0.15) is 11.5 Å². The maximum atomic E-state index is 13.3. The molecule has 1 fully saturated rings. The Morgan fingerprint density at radius 3 is 2.06 bits per heavy atom. The molecule has 0 aromatic heterocycles. The number of aliphatic hydroxyl groups excluding tert-OH is 1. The molecule has 1 aliphatic rings. The second-order valence-corrected chi connectivity index (χ2v) is 9.58. The van der Waals surface area contributed by atoms with Crippen LogP contribution < -0.4 is 9.64 Å². The molecule has 1 saturated heterocycles. The first-order valence-electron chi connectivity index (χ1n) is 11.5. The van der Waals surface area contributed by atoms with E-state index in [1.165, 1.54) is 17.0 Å². The van der Waals surface area contributed by atoms with E-state index in [0.717, 1.165) is 5.56 Å². The lowest BCUT2D eigenvalue weighted by molar-refractivity contribution is -0.139. The highest BCUT2D eigenvalue weighted by Gasteiger charge is 2.47. The van der Waals surface area contributed by atoms with Gasteiger partial charge >= 0.3 is 5.97 Å². The summed E-state index contributed by atoms with van der Waals surface area (Å²) in [6, 6.07) is 21.7. The molecule has 1 aliphatic heterocycles. The number of nitrogens with zero attached hydrogens (tertiary/aromatic N) is 1. The third kappa shape index (κ3) is 4.86. The van der Waals surface area contributed by atoms with Crippen LogP contribution in [0.25, 0.3) is 5.76 Å². The molecule has 3 aromatic rings. The quantitative estimate of drug-likeness (QED) is 0.287. The fourth-order valence-electron chi connectivity index (χ4n) is 4.18. The fourth-order valence-corrected chi connectivity index (χ4v) is 4.18. The van der Waals surface area contributed by atoms with Gasteiger partial charge in [-0.3, -0.25) is 14.5 Å². The van der Waals surface area contributed by atoms with E-state index >= 15 is 0 Å². The molecule has 0 radical (unpaired) electrons. The summed E-state index contributed by atoms with van der Waals surface area (Å²) in [4.78, 5) is 38.7. The fraction of sp³-hybridized carbons (Fsp3) is 0.207. The van der Waals surface area contributed by atoms with E-state index in [2.05, 4.69) is 20.8 Å². The monoisotopic (exact) mass is 485 g/mol. The first-order valence-corrected chi connectivity index (χ1v) is 11.5. The van der Waals surface area contributed by atoms with Crippen molar-refractivity contribution in [3.05, 3.63) is 101 Å². The number of aliphatic carboxylic acids is 1. The van der Waals surface area contributed by atoms with Gasteiger partial charge in [-0.1, -0.05) is 75.4 Å².